The van der Waals surface area contributed by atoms with Gasteiger partial charge in [-0.3, -0.25) is 0 Å². The van der Waals surface area contributed by atoms with Crippen LogP contribution in [-0.2, 0) is 14.8 Å². The number of hydrogen-bond donors (Lipinski definition) is 1. The number of rotatable bonds is 4. The van der Waals surface area contributed by atoms with Crippen molar-refractivity contribution in [2.45, 2.75) is 11.8 Å². The van der Waals surface area contributed by atoms with Crippen LogP contribution in [0.15, 0.2) is 47.5 Å². The van der Waals surface area contributed by atoms with Crippen molar-refractivity contribution >= 4 is 21.7 Å². The summed E-state index contributed by atoms with van der Waals surface area (Å²) in [5.41, 5.74) is 5.95. The van der Waals surface area contributed by atoms with E-state index < -0.39 is 16.0 Å². The minimum absolute atomic E-state index is 0.0383. The molecule has 1 aromatic heterocycles. The molecule has 0 aliphatic carbocycles. The Kier molecular flexibility index (Phi) is 3.80. The van der Waals surface area contributed by atoms with E-state index in [0.29, 0.717) is 5.69 Å². The van der Waals surface area contributed by atoms with E-state index in [-0.39, 0.29) is 17.2 Å². The van der Waals surface area contributed by atoms with Gasteiger partial charge in [0.25, 0.3) is 10.0 Å². The molecule has 1 heterocycles. The number of benzene rings is 1. The number of aromatic nitrogens is 1. The number of ether oxygens (including phenoxy) is 1. The van der Waals surface area contributed by atoms with Crippen molar-refractivity contribution < 1.29 is 17.9 Å². The number of carbonyl (C=O) groups is 1. The minimum atomic E-state index is -3.85. The molecule has 2 rings (SSSR count). The van der Waals surface area contributed by atoms with E-state index in [1.54, 1.807) is 6.92 Å². The van der Waals surface area contributed by atoms with Crippen LogP contribution in [0.4, 0.5) is 5.69 Å². The van der Waals surface area contributed by atoms with Crippen molar-refractivity contribution in [1.82, 2.24) is 3.97 Å². The molecule has 0 aliphatic heterocycles. The molecule has 0 aliphatic rings. The fraction of sp³-hybridized carbons (Fsp3) is 0.154. The minimum Gasteiger partial charge on any atom is -0.461 e. The largest absolute Gasteiger partial charge is 0.461 e. The third-order valence-electron chi connectivity index (χ3n) is 2.63. The summed E-state index contributed by atoms with van der Waals surface area (Å²) in [6.45, 7) is 1.82. The van der Waals surface area contributed by atoms with Gasteiger partial charge in [-0.05, 0) is 43.3 Å². The van der Waals surface area contributed by atoms with Crippen LogP contribution in [0.5, 0.6) is 0 Å². The molecule has 2 aromatic rings. The van der Waals surface area contributed by atoms with Crippen LogP contribution in [0.25, 0.3) is 0 Å². The van der Waals surface area contributed by atoms with Gasteiger partial charge in [-0.15, -0.1) is 0 Å². The van der Waals surface area contributed by atoms with Gasteiger partial charge in [-0.2, -0.15) is 0 Å². The Morgan fingerprint density at radius 3 is 2.50 bits per heavy atom. The second kappa shape index (κ2) is 5.38. The number of nitrogens with zero attached hydrogens (tertiary/aromatic N) is 1. The Hall–Kier alpha value is -2.28. The highest BCUT2D eigenvalue weighted by atomic mass is 32.2. The molecule has 0 spiro atoms. The first-order valence-corrected chi connectivity index (χ1v) is 7.36. The molecule has 6 nitrogen and oxygen atoms in total. The predicted molar refractivity (Wildman–Crippen MR) is 73.8 cm³/mol. The summed E-state index contributed by atoms with van der Waals surface area (Å²) in [6.07, 6.45) is 1.30. The van der Waals surface area contributed by atoms with Gasteiger partial charge >= 0.3 is 5.97 Å². The molecule has 0 bridgehead atoms. The summed E-state index contributed by atoms with van der Waals surface area (Å²) in [6, 6.07) is 8.62. The zero-order valence-corrected chi connectivity index (χ0v) is 11.6. The number of hydrogen-bond acceptors (Lipinski definition) is 5. The summed E-state index contributed by atoms with van der Waals surface area (Å²) >= 11 is 0. The first kappa shape index (κ1) is 14.1. The lowest BCUT2D eigenvalue weighted by molar-refractivity contribution is 0.0518. The average molecular weight is 294 g/mol. The zero-order valence-electron chi connectivity index (χ0n) is 10.8. The van der Waals surface area contributed by atoms with Gasteiger partial charge in [0.05, 0.1) is 11.5 Å². The second-order valence-corrected chi connectivity index (χ2v) is 5.80. The summed E-state index contributed by atoms with van der Waals surface area (Å²) in [4.78, 5) is 11.8. The molecule has 0 radical (unpaired) electrons. The lowest BCUT2D eigenvalue weighted by atomic mass is 10.3. The van der Waals surface area contributed by atoms with Crippen molar-refractivity contribution in [3.05, 3.63) is 48.3 Å². The van der Waals surface area contributed by atoms with Crippen molar-refractivity contribution in [2.24, 2.45) is 0 Å². The second-order valence-electron chi connectivity index (χ2n) is 3.98. The maximum atomic E-state index is 12.5. The van der Waals surface area contributed by atoms with Crippen molar-refractivity contribution in [2.75, 3.05) is 12.3 Å². The van der Waals surface area contributed by atoms with E-state index >= 15 is 0 Å². The smallest absolute Gasteiger partial charge is 0.355 e. The molecule has 7 heteroatoms. The molecule has 106 valence electrons. The summed E-state index contributed by atoms with van der Waals surface area (Å²) in [5.74, 6) is -0.684. The van der Waals surface area contributed by atoms with Crippen LogP contribution in [0.1, 0.15) is 17.4 Å². The van der Waals surface area contributed by atoms with E-state index in [1.807, 2.05) is 0 Å². The van der Waals surface area contributed by atoms with Gasteiger partial charge in [-0.25, -0.2) is 17.2 Å². The zero-order chi connectivity index (χ0) is 14.8. The van der Waals surface area contributed by atoms with Crippen molar-refractivity contribution in [1.29, 1.82) is 0 Å². The van der Waals surface area contributed by atoms with E-state index in [1.165, 1.54) is 42.6 Å². The topological polar surface area (TPSA) is 91.4 Å². The number of carbonyl (C=O) groups excluding carboxylic acids is 1. The van der Waals surface area contributed by atoms with E-state index in [4.69, 9.17) is 10.5 Å². The number of anilines is 1. The first-order valence-electron chi connectivity index (χ1n) is 5.92. The Bertz CT molecular complexity index is 717. The SMILES string of the molecule is CCOC(=O)c1cccn1S(=O)(=O)c1ccc(N)cc1. The van der Waals surface area contributed by atoms with Gasteiger partial charge < -0.3 is 10.5 Å². The quantitative estimate of drug-likeness (QED) is 0.681. The highest BCUT2D eigenvalue weighted by molar-refractivity contribution is 7.90. The number of nitrogens with two attached hydrogens (primary N) is 1. The van der Waals surface area contributed by atoms with Gasteiger partial charge in [0.1, 0.15) is 5.69 Å². The molecule has 0 amide bonds. The van der Waals surface area contributed by atoms with Gasteiger partial charge in [0.15, 0.2) is 0 Å². The Morgan fingerprint density at radius 2 is 1.90 bits per heavy atom. The van der Waals surface area contributed by atoms with Crippen LogP contribution in [-0.4, -0.2) is 25.0 Å². The van der Waals surface area contributed by atoms with E-state index in [9.17, 15) is 13.2 Å². The molecular formula is C13H14N2O4S. The van der Waals surface area contributed by atoms with Crippen LogP contribution >= 0.6 is 0 Å². The predicted octanol–water partition coefficient (Wildman–Crippen LogP) is 1.48. The molecule has 0 unspecified atom stereocenters. The Labute approximate surface area is 116 Å². The average Bonchev–Trinajstić information content (AvgIpc) is 2.89. The van der Waals surface area contributed by atoms with Gasteiger partial charge in [0, 0.05) is 11.9 Å². The molecular weight excluding hydrogens is 280 g/mol. The number of esters is 1. The summed E-state index contributed by atoms with van der Waals surface area (Å²) < 4.78 is 30.6. The van der Waals surface area contributed by atoms with E-state index in [2.05, 4.69) is 0 Å². The fourth-order valence-corrected chi connectivity index (χ4v) is 3.02. The summed E-state index contributed by atoms with van der Waals surface area (Å²) in [5, 5.41) is 0. The van der Waals surface area contributed by atoms with Crippen molar-refractivity contribution in [3.8, 4) is 0 Å². The van der Waals surface area contributed by atoms with Crippen LogP contribution in [0.2, 0.25) is 0 Å². The standard InChI is InChI=1S/C13H14N2O4S/c1-2-19-13(16)12-4-3-9-15(12)20(17,18)11-7-5-10(14)6-8-11/h3-9H,2,14H2,1H3. The van der Waals surface area contributed by atoms with Crippen LogP contribution < -0.4 is 5.73 Å². The third-order valence-corrected chi connectivity index (χ3v) is 4.34. The Balaban J connectivity index is 2.48. The van der Waals surface area contributed by atoms with Crippen molar-refractivity contribution in [3.63, 3.8) is 0 Å². The van der Waals surface area contributed by atoms with E-state index in [0.717, 1.165) is 3.97 Å². The Morgan fingerprint density at radius 1 is 1.25 bits per heavy atom. The molecule has 20 heavy (non-hydrogen) atoms. The highest BCUT2D eigenvalue weighted by Crippen LogP contribution is 2.18. The monoisotopic (exact) mass is 294 g/mol. The van der Waals surface area contributed by atoms with Gasteiger partial charge in [0.2, 0.25) is 0 Å². The first-order chi connectivity index (χ1) is 9.46. The molecule has 1 aromatic carbocycles. The fourth-order valence-electron chi connectivity index (χ4n) is 1.69. The molecule has 0 atom stereocenters. The van der Waals surface area contributed by atoms with Crippen LogP contribution in [0.3, 0.4) is 0 Å². The third kappa shape index (κ3) is 2.53. The van der Waals surface area contributed by atoms with Gasteiger partial charge in [-0.1, -0.05) is 0 Å². The lowest BCUT2D eigenvalue weighted by Gasteiger charge is -2.10. The molecule has 0 saturated heterocycles. The lowest BCUT2D eigenvalue weighted by Crippen LogP contribution is -2.19. The van der Waals surface area contributed by atoms with Crippen LogP contribution in [0, 0.1) is 0 Å². The maximum absolute atomic E-state index is 12.5. The number of nitrogen functional groups attached to an aromatic ring is 1. The molecule has 2 N–H and O–H groups in total. The summed E-state index contributed by atoms with van der Waals surface area (Å²) in [7, 11) is -3.85. The highest BCUT2D eigenvalue weighted by Gasteiger charge is 2.23. The molecule has 0 fully saturated rings. The molecule has 0 saturated carbocycles. The maximum Gasteiger partial charge on any atom is 0.355 e. The normalized spacial score (nSPS) is 11.2.